The average molecular weight is 273 g/mol. The van der Waals surface area contributed by atoms with E-state index in [4.69, 9.17) is 0 Å². The van der Waals surface area contributed by atoms with E-state index in [1.807, 2.05) is 6.92 Å². The monoisotopic (exact) mass is 273 g/mol. The Morgan fingerprint density at radius 1 is 1.35 bits per heavy atom. The van der Waals surface area contributed by atoms with E-state index in [0.717, 1.165) is 5.01 Å². The molecule has 7 nitrogen and oxygen atoms in total. The molecule has 0 saturated heterocycles. The molecule has 0 aliphatic rings. The molecule has 2 aromatic heterocycles. The first-order valence-corrected chi connectivity index (χ1v) is 7.56. The second kappa shape index (κ2) is 4.49. The lowest BCUT2D eigenvalue weighted by Gasteiger charge is -1.95. The third-order valence-corrected chi connectivity index (χ3v) is 4.50. The normalized spacial score (nSPS) is 11.9. The van der Waals surface area contributed by atoms with Gasteiger partial charge in [0.05, 0.1) is 17.6 Å². The van der Waals surface area contributed by atoms with Crippen molar-refractivity contribution in [3.8, 4) is 5.13 Å². The second-order valence-corrected chi connectivity index (χ2v) is 6.95. The van der Waals surface area contributed by atoms with Gasteiger partial charge >= 0.3 is 0 Å². The van der Waals surface area contributed by atoms with E-state index in [9.17, 15) is 8.42 Å². The maximum atomic E-state index is 11.4. The first-order chi connectivity index (χ1) is 8.00. The van der Waals surface area contributed by atoms with Gasteiger partial charge in [-0.05, 0) is 6.92 Å². The van der Waals surface area contributed by atoms with Crippen LogP contribution in [0.5, 0.6) is 0 Å². The highest BCUT2D eigenvalue weighted by Gasteiger charge is 2.13. The molecule has 0 bridgehead atoms. The number of aromatic nitrogens is 5. The van der Waals surface area contributed by atoms with Gasteiger partial charge in [-0.15, -0.1) is 15.3 Å². The van der Waals surface area contributed by atoms with E-state index >= 15 is 0 Å². The van der Waals surface area contributed by atoms with Gasteiger partial charge in [0, 0.05) is 5.75 Å². The zero-order valence-electron chi connectivity index (χ0n) is 9.36. The minimum atomic E-state index is -3.08. The van der Waals surface area contributed by atoms with Gasteiger partial charge in [0.25, 0.3) is 0 Å². The van der Waals surface area contributed by atoms with Crippen LogP contribution in [0.3, 0.4) is 0 Å². The zero-order valence-corrected chi connectivity index (χ0v) is 11.0. The number of nitrogens with zero attached hydrogens (tertiary/aromatic N) is 5. The molecule has 2 heterocycles. The Kier molecular flexibility index (Phi) is 3.20. The van der Waals surface area contributed by atoms with Gasteiger partial charge in [-0.2, -0.15) is 4.68 Å². The molecule has 0 saturated carbocycles. The minimum absolute atomic E-state index is 0.0950. The summed E-state index contributed by atoms with van der Waals surface area (Å²) in [5, 5.41) is 16.8. The molecule has 17 heavy (non-hydrogen) atoms. The van der Waals surface area contributed by atoms with Crippen molar-refractivity contribution in [2.24, 2.45) is 0 Å². The first kappa shape index (κ1) is 12.1. The molecule has 92 valence electrons. The van der Waals surface area contributed by atoms with Crippen LogP contribution in [0.1, 0.15) is 17.6 Å². The molecule has 0 atom stereocenters. The van der Waals surface area contributed by atoms with E-state index in [1.165, 1.54) is 16.0 Å². The lowest BCUT2D eigenvalue weighted by Crippen LogP contribution is -2.06. The topological polar surface area (TPSA) is 90.6 Å². The highest BCUT2D eigenvalue weighted by molar-refractivity contribution is 7.90. The summed E-state index contributed by atoms with van der Waals surface area (Å²) in [4.78, 5) is 0. The van der Waals surface area contributed by atoms with Crippen LogP contribution in [0.2, 0.25) is 0 Å². The van der Waals surface area contributed by atoms with Crippen molar-refractivity contribution in [2.75, 3.05) is 5.75 Å². The van der Waals surface area contributed by atoms with Crippen molar-refractivity contribution in [1.82, 2.24) is 25.2 Å². The van der Waals surface area contributed by atoms with Crippen LogP contribution < -0.4 is 0 Å². The van der Waals surface area contributed by atoms with E-state index in [2.05, 4.69) is 20.5 Å². The molecule has 2 aromatic rings. The number of hydrogen-bond donors (Lipinski definition) is 0. The molecule has 0 radical (unpaired) electrons. The van der Waals surface area contributed by atoms with E-state index in [1.54, 1.807) is 13.1 Å². The summed E-state index contributed by atoms with van der Waals surface area (Å²) in [6.07, 6.45) is 1.56. The Labute approximate surface area is 102 Å². The quantitative estimate of drug-likeness (QED) is 0.799. The molecule has 0 spiro atoms. The third-order valence-electron chi connectivity index (χ3n) is 2.06. The molecule has 9 heteroatoms. The second-order valence-electron chi connectivity index (χ2n) is 3.43. The maximum absolute atomic E-state index is 11.4. The van der Waals surface area contributed by atoms with Crippen LogP contribution in [0, 0.1) is 6.92 Å². The first-order valence-electron chi connectivity index (χ1n) is 4.92. The summed E-state index contributed by atoms with van der Waals surface area (Å²) in [6.45, 7) is 3.44. The summed E-state index contributed by atoms with van der Waals surface area (Å²) in [5.41, 5.74) is 0.416. The van der Waals surface area contributed by atoms with Crippen LogP contribution in [-0.4, -0.2) is 39.4 Å². The average Bonchev–Trinajstić information content (AvgIpc) is 2.86. The molecule has 0 aliphatic heterocycles. The van der Waals surface area contributed by atoms with Crippen molar-refractivity contribution >= 4 is 21.2 Å². The third kappa shape index (κ3) is 2.86. The van der Waals surface area contributed by atoms with Crippen LogP contribution in [0.4, 0.5) is 0 Å². The lowest BCUT2D eigenvalue weighted by atomic mass is 10.6. The summed E-state index contributed by atoms with van der Waals surface area (Å²) in [7, 11) is -3.08. The van der Waals surface area contributed by atoms with Gasteiger partial charge in [-0.1, -0.05) is 23.5 Å². The Hall–Kier alpha value is -1.35. The number of hydrogen-bond acceptors (Lipinski definition) is 7. The molecular weight excluding hydrogens is 262 g/mol. The highest BCUT2D eigenvalue weighted by Crippen LogP contribution is 2.13. The van der Waals surface area contributed by atoms with Crippen LogP contribution in [-0.2, 0) is 15.6 Å². The van der Waals surface area contributed by atoms with Crippen LogP contribution >= 0.6 is 11.3 Å². The lowest BCUT2D eigenvalue weighted by molar-refractivity contribution is 0.595. The number of rotatable bonds is 4. The van der Waals surface area contributed by atoms with Gasteiger partial charge in [-0.3, -0.25) is 0 Å². The Balaban J connectivity index is 2.22. The SMILES string of the molecule is CCS(=O)(=O)Cc1cn(-c2nnc(C)s2)nn1. The molecule has 0 amide bonds. The Morgan fingerprint density at radius 2 is 2.12 bits per heavy atom. The molecule has 0 aromatic carbocycles. The Bertz CT molecular complexity index is 615. The predicted octanol–water partition coefficient (Wildman–Crippen LogP) is 0.362. The fraction of sp³-hybridized carbons (Fsp3) is 0.500. The van der Waals surface area contributed by atoms with Gasteiger partial charge in [0.15, 0.2) is 9.84 Å². The molecule has 0 aliphatic carbocycles. The van der Waals surface area contributed by atoms with Crippen LogP contribution in [0.15, 0.2) is 6.20 Å². The standard InChI is InChI=1S/C8H11N5O2S2/c1-3-17(14,15)5-7-4-13(12-10-7)8-11-9-6(2)16-8/h4H,3,5H2,1-2H3. The largest absolute Gasteiger partial charge is 0.234 e. The smallest absolute Gasteiger partial charge is 0.228 e. The van der Waals surface area contributed by atoms with E-state index < -0.39 is 9.84 Å². The fourth-order valence-electron chi connectivity index (χ4n) is 1.16. The number of aryl methyl sites for hydroxylation is 1. The molecule has 0 N–H and O–H groups in total. The van der Waals surface area contributed by atoms with Gasteiger partial charge in [0.1, 0.15) is 5.01 Å². The predicted molar refractivity (Wildman–Crippen MR) is 62.7 cm³/mol. The molecule has 2 rings (SSSR count). The molecule has 0 fully saturated rings. The highest BCUT2D eigenvalue weighted by atomic mass is 32.2. The van der Waals surface area contributed by atoms with Gasteiger partial charge in [-0.25, -0.2) is 8.42 Å². The number of sulfone groups is 1. The van der Waals surface area contributed by atoms with Crippen molar-refractivity contribution in [2.45, 2.75) is 19.6 Å². The van der Waals surface area contributed by atoms with E-state index in [-0.39, 0.29) is 11.5 Å². The van der Waals surface area contributed by atoms with Crippen LogP contribution in [0.25, 0.3) is 5.13 Å². The van der Waals surface area contributed by atoms with Gasteiger partial charge < -0.3 is 0 Å². The molecule has 0 unspecified atom stereocenters. The van der Waals surface area contributed by atoms with E-state index in [0.29, 0.717) is 10.8 Å². The fourth-order valence-corrected chi connectivity index (χ4v) is 2.56. The van der Waals surface area contributed by atoms with Crippen molar-refractivity contribution in [3.63, 3.8) is 0 Å². The Morgan fingerprint density at radius 3 is 2.71 bits per heavy atom. The minimum Gasteiger partial charge on any atom is -0.228 e. The summed E-state index contributed by atoms with van der Waals surface area (Å²) in [5.74, 6) is -0.000931. The van der Waals surface area contributed by atoms with Crippen molar-refractivity contribution in [1.29, 1.82) is 0 Å². The molecular formula is C8H11N5O2S2. The van der Waals surface area contributed by atoms with Crippen molar-refractivity contribution in [3.05, 3.63) is 16.9 Å². The maximum Gasteiger partial charge on any atom is 0.234 e. The summed E-state index contributed by atoms with van der Waals surface area (Å²) in [6, 6.07) is 0. The van der Waals surface area contributed by atoms with Crippen molar-refractivity contribution < 1.29 is 8.42 Å². The summed E-state index contributed by atoms with van der Waals surface area (Å²) < 4.78 is 24.3. The zero-order chi connectivity index (χ0) is 12.5. The summed E-state index contributed by atoms with van der Waals surface area (Å²) >= 11 is 1.37. The van der Waals surface area contributed by atoms with Gasteiger partial charge in [0.2, 0.25) is 5.13 Å².